The van der Waals surface area contributed by atoms with Crippen LogP contribution in [0, 0.1) is 5.92 Å². The molecule has 0 radical (unpaired) electrons. The molecule has 1 fully saturated rings. The lowest BCUT2D eigenvalue weighted by Gasteiger charge is -2.23. The van der Waals surface area contributed by atoms with Gasteiger partial charge in [-0.1, -0.05) is 6.92 Å². The molecule has 0 aliphatic carbocycles. The van der Waals surface area contributed by atoms with Crippen molar-refractivity contribution in [1.82, 2.24) is 4.90 Å². The number of carboxylic acid groups (broad SMARTS) is 1. The van der Waals surface area contributed by atoms with E-state index in [1.165, 1.54) is 4.90 Å². The maximum atomic E-state index is 12.3. The highest BCUT2D eigenvalue weighted by Gasteiger charge is 2.45. The fourth-order valence-corrected chi connectivity index (χ4v) is 1.93. The summed E-state index contributed by atoms with van der Waals surface area (Å²) in [6.07, 6.45) is -3.86. The van der Waals surface area contributed by atoms with Crippen LogP contribution >= 0.6 is 0 Å². The van der Waals surface area contributed by atoms with Crippen LogP contribution in [0.25, 0.3) is 0 Å². The van der Waals surface area contributed by atoms with Crippen molar-refractivity contribution < 1.29 is 23.1 Å². The molecule has 0 amide bonds. The maximum absolute atomic E-state index is 12.3. The number of likely N-dealkylation sites (tertiary alicyclic amines) is 1. The van der Waals surface area contributed by atoms with Gasteiger partial charge in [-0.2, -0.15) is 13.2 Å². The van der Waals surface area contributed by atoms with Crippen molar-refractivity contribution in [3.8, 4) is 0 Å². The van der Waals surface area contributed by atoms with E-state index in [0.717, 1.165) is 0 Å². The van der Waals surface area contributed by atoms with E-state index < -0.39 is 24.1 Å². The van der Waals surface area contributed by atoms with Crippen LogP contribution in [0.2, 0.25) is 0 Å². The molecule has 0 aromatic carbocycles. The number of alkyl halides is 3. The van der Waals surface area contributed by atoms with Crippen LogP contribution in [0.5, 0.6) is 0 Å². The second-order valence-electron chi connectivity index (χ2n) is 3.78. The zero-order chi connectivity index (χ0) is 11.6. The Hall–Kier alpha value is -0.780. The predicted octanol–water partition coefficient (Wildman–Crippen LogP) is 1.73. The van der Waals surface area contributed by atoms with Crippen molar-refractivity contribution in [3.63, 3.8) is 0 Å². The van der Waals surface area contributed by atoms with Crippen molar-refractivity contribution in [1.29, 1.82) is 0 Å². The second kappa shape index (κ2) is 4.38. The Morgan fingerprint density at radius 3 is 2.53 bits per heavy atom. The lowest BCUT2D eigenvalue weighted by Crippen LogP contribution is -2.40. The minimum atomic E-state index is -4.20. The summed E-state index contributed by atoms with van der Waals surface area (Å²) in [5, 5.41) is 8.80. The van der Waals surface area contributed by atoms with E-state index in [1.54, 1.807) is 6.92 Å². The van der Waals surface area contributed by atoms with Gasteiger partial charge in [0.15, 0.2) is 0 Å². The molecule has 1 rings (SSSR count). The summed E-state index contributed by atoms with van der Waals surface area (Å²) in [4.78, 5) is 12.2. The van der Waals surface area contributed by atoms with Crippen molar-refractivity contribution in [2.24, 2.45) is 5.92 Å². The molecule has 0 saturated carbocycles. The van der Waals surface area contributed by atoms with Crippen molar-refractivity contribution in [2.45, 2.75) is 32.0 Å². The van der Waals surface area contributed by atoms with Gasteiger partial charge in [-0.3, -0.25) is 9.69 Å². The Morgan fingerprint density at radius 2 is 2.20 bits per heavy atom. The van der Waals surface area contributed by atoms with Crippen LogP contribution in [0.15, 0.2) is 0 Å². The van der Waals surface area contributed by atoms with Crippen molar-refractivity contribution >= 4 is 5.97 Å². The molecule has 1 saturated heterocycles. The standard InChI is InChI=1S/C9H14F3NO2/c1-2-7(8(14)15)13-4-3-6(5-13)9(10,11)12/h6-7H,2-5H2,1H3,(H,14,15). The summed E-state index contributed by atoms with van der Waals surface area (Å²) >= 11 is 0. The van der Waals surface area contributed by atoms with E-state index in [1.807, 2.05) is 0 Å². The molecule has 1 aliphatic heterocycles. The van der Waals surface area contributed by atoms with E-state index in [2.05, 4.69) is 0 Å². The topological polar surface area (TPSA) is 40.5 Å². The maximum Gasteiger partial charge on any atom is 0.393 e. The van der Waals surface area contributed by atoms with E-state index in [0.29, 0.717) is 6.42 Å². The Morgan fingerprint density at radius 1 is 1.60 bits per heavy atom. The van der Waals surface area contributed by atoms with Crippen LogP contribution in [0.1, 0.15) is 19.8 Å². The molecule has 88 valence electrons. The lowest BCUT2D eigenvalue weighted by atomic mass is 10.1. The van der Waals surface area contributed by atoms with Crippen LogP contribution in [0.4, 0.5) is 13.2 Å². The number of hydrogen-bond acceptors (Lipinski definition) is 2. The highest BCUT2D eigenvalue weighted by molar-refractivity contribution is 5.73. The summed E-state index contributed by atoms with van der Waals surface area (Å²) in [7, 11) is 0. The largest absolute Gasteiger partial charge is 0.480 e. The molecule has 1 aliphatic rings. The summed E-state index contributed by atoms with van der Waals surface area (Å²) in [6, 6.07) is -0.780. The first kappa shape index (κ1) is 12.3. The van der Waals surface area contributed by atoms with Crippen LogP contribution in [0.3, 0.4) is 0 Å². The Kier molecular flexibility index (Phi) is 3.59. The van der Waals surface area contributed by atoms with Crippen LogP contribution in [-0.2, 0) is 4.79 Å². The number of halogens is 3. The minimum Gasteiger partial charge on any atom is -0.480 e. The van der Waals surface area contributed by atoms with Crippen LogP contribution < -0.4 is 0 Å². The van der Waals surface area contributed by atoms with Crippen LogP contribution in [-0.4, -0.2) is 41.3 Å². The molecule has 2 atom stereocenters. The van der Waals surface area contributed by atoms with Crippen molar-refractivity contribution in [2.75, 3.05) is 13.1 Å². The third-order valence-corrected chi connectivity index (χ3v) is 2.80. The summed E-state index contributed by atoms with van der Waals surface area (Å²) in [5.41, 5.74) is 0. The number of carbonyl (C=O) groups is 1. The third-order valence-electron chi connectivity index (χ3n) is 2.80. The van der Waals surface area contributed by atoms with Crippen molar-refractivity contribution in [3.05, 3.63) is 0 Å². The average Bonchev–Trinajstić information content (AvgIpc) is 2.52. The van der Waals surface area contributed by atoms with Gasteiger partial charge in [0, 0.05) is 6.54 Å². The molecule has 3 nitrogen and oxygen atoms in total. The predicted molar refractivity (Wildman–Crippen MR) is 47.4 cm³/mol. The molecule has 1 N–H and O–H groups in total. The second-order valence-corrected chi connectivity index (χ2v) is 3.78. The monoisotopic (exact) mass is 225 g/mol. The SMILES string of the molecule is CCC(C(=O)O)N1CCC(C(F)(F)F)C1. The van der Waals surface area contributed by atoms with E-state index in [9.17, 15) is 18.0 Å². The lowest BCUT2D eigenvalue weighted by molar-refractivity contribution is -0.172. The number of carboxylic acids is 1. The number of nitrogens with zero attached hydrogens (tertiary/aromatic N) is 1. The normalized spacial score (nSPS) is 25.5. The van der Waals surface area contributed by atoms with Gasteiger partial charge < -0.3 is 5.11 Å². The first-order valence-corrected chi connectivity index (χ1v) is 4.89. The first-order valence-electron chi connectivity index (χ1n) is 4.89. The molecule has 2 unspecified atom stereocenters. The fourth-order valence-electron chi connectivity index (χ4n) is 1.93. The average molecular weight is 225 g/mol. The molecule has 6 heteroatoms. The molecule has 1 heterocycles. The number of rotatable bonds is 3. The van der Waals surface area contributed by atoms with E-state index in [-0.39, 0.29) is 19.5 Å². The molecule has 0 spiro atoms. The Balaban J connectivity index is 2.59. The number of hydrogen-bond donors (Lipinski definition) is 1. The first-order chi connectivity index (χ1) is 6.86. The van der Waals surface area contributed by atoms with Gasteiger partial charge in [-0.25, -0.2) is 0 Å². The zero-order valence-electron chi connectivity index (χ0n) is 8.42. The highest BCUT2D eigenvalue weighted by Crippen LogP contribution is 2.34. The highest BCUT2D eigenvalue weighted by atomic mass is 19.4. The van der Waals surface area contributed by atoms with Gasteiger partial charge in [0.25, 0.3) is 0 Å². The summed E-state index contributed by atoms with van der Waals surface area (Å²) in [5.74, 6) is -2.41. The number of aliphatic carboxylic acids is 1. The van der Waals surface area contributed by atoms with Gasteiger partial charge >= 0.3 is 12.1 Å². The molecule has 0 aromatic heterocycles. The van der Waals surface area contributed by atoms with Gasteiger partial charge in [-0.05, 0) is 19.4 Å². The molecule has 15 heavy (non-hydrogen) atoms. The summed E-state index contributed by atoms with van der Waals surface area (Å²) in [6.45, 7) is 1.70. The molecular formula is C9H14F3NO2. The van der Waals surface area contributed by atoms with Gasteiger partial charge in [0.1, 0.15) is 6.04 Å². The smallest absolute Gasteiger partial charge is 0.393 e. The summed E-state index contributed by atoms with van der Waals surface area (Å²) < 4.78 is 37.0. The quantitative estimate of drug-likeness (QED) is 0.795. The fraction of sp³-hybridized carbons (Fsp3) is 0.889. The van der Waals surface area contributed by atoms with Gasteiger partial charge in [0.05, 0.1) is 5.92 Å². The minimum absolute atomic E-state index is 0.00722. The van der Waals surface area contributed by atoms with E-state index >= 15 is 0 Å². The van der Waals surface area contributed by atoms with Gasteiger partial charge in [0.2, 0.25) is 0 Å². The molecule has 0 aromatic rings. The zero-order valence-corrected chi connectivity index (χ0v) is 8.42. The van der Waals surface area contributed by atoms with E-state index in [4.69, 9.17) is 5.11 Å². The Labute approximate surface area is 85.9 Å². The third kappa shape index (κ3) is 2.84. The molecular weight excluding hydrogens is 211 g/mol. The Bertz CT molecular complexity index is 242. The van der Waals surface area contributed by atoms with Gasteiger partial charge in [-0.15, -0.1) is 0 Å². The molecule has 0 bridgehead atoms.